The van der Waals surface area contributed by atoms with Gasteiger partial charge in [-0.3, -0.25) is 4.90 Å². The van der Waals surface area contributed by atoms with Crippen LogP contribution in [0.2, 0.25) is 0 Å². The number of methoxy groups -OCH3 is 1. The van der Waals surface area contributed by atoms with Crippen LogP contribution in [-0.4, -0.2) is 43.1 Å². The van der Waals surface area contributed by atoms with E-state index in [-0.39, 0.29) is 23.3 Å². The van der Waals surface area contributed by atoms with Crippen LogP contribution in [0.15, 0.2) is 47.8 Å². The summed E-state index contributed by atoms with van der Waals surface area (Å²) in [5.41, 5.74) is 0.803. The van der Waals surface area contributed by atoms with Crippen molar-refractivity contribution in [2.24, 2.45) is 0 Å². The zero-order valence-electron chi connectivity index (χ0n) is 15.7. The number of thiophene rings is 1. The molecule has 2 heterocycles. The molecule has 0 unspecified atom stereocenters. The Hall–Kier alpha value is -2.09. The normalized spacial score (nSPS) is 18.7. The average Bonchev–Trinajstić information content (AvgIpc) is 3.31. The molecular formula is C21H23NO4S2. The third kappa shape index (κ3) is 4.01. The van der Waals surface area contributed by atoms with E-state index in [0.29, 0.717) is 19.5 Å². The molecular weight excluding hydrogens is 394 g/mol. The number of aromatic hydroxyl groups is 1. The lowest BCUT2D eigenvalue weighted by molar-refractivity contribution is 0.195. The molecule has 1 aliphatic rings. The second-order valence-electron chi connectivity index (χ2n) is 7.19. The van der Waals surface area contributed by atoms with Crippen molar-refractivity contribution in [3.63, 3.8) is 0 Å². The van der Waals surface area contributed by atoms with Gasteiger partial charge in [0.15, 0.2) is 9.84 Å². The highest BCUT2D eigenvalue weighted by atomic mass is 32.2. The van der Waals surface area contributed by atoms with Crippen LogP contribution in [-0.2, 0) is 22.9 Å². The molecule has 1 N–H and O–H groups in total. The summed E-state index contributed by atoms with van der Waals surface area (Å²) in [4.78, 5) is 3.37. The maximum atomic E-state index is 12.1. The Labute approximate surface area is 169 Å². The fourth-order valence-electron chi connectivity index (χ4n) is 3.83. The molecule has 0 spiro atoms. The Kier molecular flexibility index (Phi) is 5.31. The van der Waals surface area contributed by atoms with E-state index in [0.717, 1.165) is 22.1 Å². The van der Waals surface area contributed by atoms with Crippen LogP contribution in [0.3, 0.4) is 0 Å². The first-order valence-electron chi connectivity index (χ1n) is 9.20. The van der Waals surface area contributed by atoms with Gasteiger partial charge in [-0.15, -0.1) is 11.3 Å². The number of benzene rings is 2. The Morgan fingerprint density at radius 2 is 2.04 bits per heavy atom. The van der Waals surface area contributed by atoms with Crippen LogP contribution >= 0.6 is 11.3 Å². The summed E-state index contributed by atoms with van der Waals surface area (Å²) in [6.07, 6.45) is 0.628. The maximum Gasteiger partial charge on any atom is 0.151 e. The molecule has 4 rings (SSSR count). The molecule has 0 amide bonds. The first kappa shape index (κ1) is 19.2. The summed E-state index contributed by atoms with van der Waals surface area (Å²) in [6.45, 7) is 1.14. The van der Waals surface area contributed by atoms with Crippen molar-refractivity contribution in [1.29, 1.82) is 0 Å². The Morgan fingerprint density at radius 3 is 2.71 bits per heavy atom. The van der Waals surface area contributed by atoms with E-state index >= 15 is 0 Å². The molecule has 2 aromatic carbocycles. The number of phenolic OH excluding ortho intramolecular Hbond substituents is 1. The molecule has 1 atom stereocenters. The fourth-order valence-corrected chi connectivity index (χ4v) is 6.32. The van der Waals surface area contributed by atoms with Gasteiger partial charge in [0.2, 0.25) is 0 Å². The second-order valence-corrected chi connectivity index (χ2v) is 10.5. The van der Waals surface area contributed by atoms with E-state index in [2.05, 4.69) is 11.0 Å². The van der Waals surface area contributed by atoms with E-state index in [1.54, 1.807) is 24.5 Å². The van der Waals surface area contributed by atoms with Crippen LogP contribution < -0.4 is 4.74 Å². The Balaban J connectivity index is 1.72. The van der Waals surface area contributed by atoms with E-state index in [9.17, 15) is 13.5 Å². The second kappa shape index (κ2) is 7.73. The third-order valence-electron chi connectivity index (χ3n) is 5.34. The molecule has 0 radical (unpaired) electrons. The SMILES string of the molecule is COc1ccc2ccc(O)c(CN(Cc3cccs3)[C@@H]3CCS(=O)(=O)C3)c2c1. The minimum Gasteiger partial charge on any atom is -0.508 e. The molecule has 148 valence electrons. The van der Waals surface area contributed by atoms with Gasteiger partial charge in [0, 0.05) is 29.6 Å². The molecule has 3 aromatic rings. The first-order chi connectivity index (χ1) is 13.4. The minimum absolute atomic E-state index is 0.0487. The number of hydrogen-bond acceptors (Lipinski definition) is 6. The van der Waals surface area contributed by atoms with Crippen LogP contribution in [0.25, 0.3) is 10.8 Å². The number of ether oxygens (including phenoxy) is 1. The molecule has 1 saturated heterocycles. The number of sulfone groups is 1. The van der Waals surface area contributed by atoms with Crippen LogP contribution in [0.5, 0.6) is 11.5 Å². The first-order valence-corrected chi connectivity index (χ1v) is 11.9. The smallest absolute Gasteiger partial charge is 0.151 e. The summed E-state index contributed by atoms with van der Waals surface area (Å²) in [7, 11) is -1.37. The lowest BCUT2D eigenvalue weighted by Gasteiger charge is -2.28. The predicted octanol–water partition coefficient (Wildman–Crippen LogP) is 3.80. The molecule has 5 nitrogen and oxygen atoms in total. The fraction of sp³-hybridized carbons (Fsp3) is 0.333. The van der Waals surface area contributed by atoms with Crippen molar-refractivity contribution in [2.45, 2.75) is 25.6 Å². The van der Waals surface area contributed by atoms with E-state index in [1.165, 1.54) is 4.88 Å². The third-order valence-corrected chi connectivity index (χ3v) is 7.95. The predicted molar refractivity (Wildman–Crippen MR) is 113 cm³/mol. The van der Waals surface area contributed by atoms with E-state index < -0.39 is 9.84 Å². The van der Waals surface area contributed by atoms with Gasteiger partial charge in [0.1, 0.15) is 11.5 Å². The minimum atomic E-state index is -3.00. The van der Waals surface area contributed by atoms with Crippen LogP contribution in [0.4, 0.5) is 0 Å². The summed E-state index contributed by atoms with van der Waals surface area (Å²) in [5, 5.41) is 14.6. The number of hydrogen-bond donors (Lipinski definition) is 1. The largest absolute Gasteiger partial charge is 0.508 e. The van der Waals surface area contributed by atoms with Gasteiger partial charge >= 0.3 is 0 Å². The van der Waals surface area contributed by atoms with Gasteiger partial charge in [-0.2, -0.15) is 0 Å². The summed E-state index contributed by atoms with van der Waals surface area (Å²) in [5.74, 6) is 1.35. The zero-order chi connectivity index (χ0) is 19.7. The van der Waals surface area contributed by atoms with Gasteiger partial charge in [-0.05, 0) is 46.8 Å². The average molecular weight is 418 g/mol. The lowest BCUT2D eigenvalue weighted by atomic mass is 10.0. The zero-order valence-corrected chi connectivity index (χ0v) is 17.3. The van der Waals surface area contributed by atoms with Crippen LogP contribution in [0.1, 0.15) is 16.9 Å². The van der Waals surface area contributed by atoms with Crippen molar-refractivity contribution >= 4 is 31.9 Å². The van der Waals surface area contributed by atoms with Crippen molar-refractivity contribution < 1.29 is 18.3 Å². The van der Waals surface area contributed by atoms with Crippen molar-refractivity contribution in [3.05, 3.63) is 58.3 Å². The molecule has 7 heteroatoms. The summed E-state index contributed by atoms with van der Waals surface area (Å²) in [6, 6.07) is 13.4. The number of fused-ring (bicyclic) bond motifs is 1. The monoisotopic (exact) mass is 417 g/mol. The summed E-state index contributed by atoms with van der Waals surface area (Å²) < 4.78 is 29.5. The van der Waals surface area contributed by atoms with Gasteiger partial charge in [-0.1, -0.05) is 18.2 Å². The van der Waals surface area contributed by atoms with Gasteiger partial charge < -0.3 is 9.84 Å². The maximum absolute atomic E-state index is 12.1. The molecule has 0 bridgehead atoms. The van der Waals surface area contributed by atoms with Gasteiger partial charge in [0.25, 0.3) is 0 Å². The molecule has 0 saturated carbocycles. The molecule has 1 aromatic heterocycles. The van der Waals surface area contributed by atoms with Gasteiger partial charge in [0.05, 0.1) is 18.6 Å². The molecule has 1 aliphatic heterocycles. The summed E-state index contributed by atoms with van der Waals surface area (Å²) >= 11 is 1.66. The van der Waals surface area contributed by atoms with E-state index in [1.807, 2.05) is 35.7 Å². The number of rotatable bonds is 6. The van der Waals surface area contributed by atoms with Crippen molar-refractivity contribution in [3.8, 4) is 11.5 Å². The number of nitrogens with zero attached hydrogens (tertiary/aromatic N) is 1. The van der Waals surface area contributed by atoms with Crippen LogP contribution in [0, 0.1) is 0 Å². The highest BCUT2D eigenvalue weighted by Gasteiger charge is 2.33. The lowest BCUT2D eigenvalue weighted by Crippen LogP contribution is -2.35. The standard InChI is InChI=1S/C21H23NO4S2/c1-26-17-6-4-15-5-7-21(23)20(19(15)11-17)13-22(12-18-3-2-9-27-18)16-8-10-28(24,25)14-16/h2-7,9,11,16,23H,8,10,12-14H2,1H3/t16-/m1/s1. The molecule has 0 aliphatic carbocycles. The van der Waals surface area contributed by atoms with Crippen molar-refractivity contribution in [2.75, 3.05) is 18.6 Å². The Morgan fingerprint density at radius 1 is 1.21 bits per heavy atom. The highest BCUT2D eigenvalue weighted by Crippen LogP contribution is 2.33. The topological polar surface area (TPSA) is 66.8 Å². The van der Waals surface area contributed by atoms with Crippen molar-refractivity contribution in [1.82, 2.24) is 4.90 Å². The Bertz CT molecular complexity index is 1080. The number of phenols is 1. The quantitative estimate of drug-likeness (QED) is 0.661. The van der Waals surface area contributed by atoms with E-state index in [4.69, 9.17) is 4.74 Å². The van der Waals surface area contributed by atoms with Gasteiger partial charge in [-0.25, -0.2) is 8.42 Å². The highest BCUT2D eigenvalue weighted by molar-refractivity contribution is 7.91. The molecule has 28 heavy (non-hydrogen) atoms. The molecule has 1 fully saturated rings.